The fourth-order valence-corrected chi connectivity index (χ4v) is 3.20. The van der Waals surface area contributed by atoms with Crippen LogP contribution in [0.15, 0.2) is 51.4 Å². The number of aliphatic hydroxyl groups excluding tert-OH is 1. The lowest BCUT2D eigenvalue weighted by atomic mass is 10.0. The van der Waals surface area contributed by atoms with Crippen LogP contribution in [0.1, 0.15) is 31.1 Å². The third-order valence-electron chi connectivity index (χ3n) is 2.80. The highest BCUT2D eigenvalue weighted by Crippen LogP contribution is 2.32. The van der Waals surface area contributed by atoms with Crippen molar-refractivity contribution in [1.29, 1.82) is 0 Å². The van der Waals surface area contributed by atoms with Gasteiger partial charge < -0.3 is 9.84 Å². The maximum absolute atomic E-state index is 10.5. The van der Waals surface area contributed by atoms with Crippen LogP contribution in [0.4, 0.5) is 0 Å². The van der Waals surface area contributed by atoms with Gasteiger partial charge in [-0.2, -0.15) is 0 Å². The van der Waals surface area contributed by atoms with E-state index in [4.69, 9.17) is 4.74 Å². The SMILES string of the molecule is CC(C)Oc1cccc(C(O)c2ccc(Br)cc2Br)c1. The summed E-state index contributed by atoms with van der Waals surface area (Å²) >= 11 is 6.89. The molecule has 4 heteroatoms. The van der Waals surface area contributed by atoms with Crippen LogP contribution in [0.3, 0.4) is 0 Å². The first kappa shape index (κ1) is 15.5. The second-order valence-electron chi connectivity index (χ2n) is 4.81. The Hall–Kier alpha value is -0.840. The molecule has 0 amide bonds. The number of hydrogen-bond acceptors (Lipinski definition) is 2. The zero-order valence-corrected chi connectivity index (χ0v) is 14.5. The molecule has 2 rings (SSSR count). The molecule has 106 valence electrons. The molecule has 0 aliphatic rings. The lowest BCUT2D eigenvalue weighted by molar-refractivity contribution is 0.216. The first-order valence-electron chi connectivity index (χ1n) is 6.37. The summed E-state index contributed by atoms with van der Waals surface area (Å²) in [5.41, 5.74) is 1.64. The van der Waals surface area contributed by atoms with E-state index in [-0.39, 0.29) is 6.10 Å². The Bertz CT molecular complexity index is 597. The van der Waals surface area contributed by atoms with Crippen molar-refractivity contribution in [3.05, 3.63) is 62.5 Å². The van der Waals surface area contributed by atoms with Crippen LogP contribution in [0.5, 0.6) is 5.75 Å². The Morgan fingerprint density at radius 1 is 1.05 bits per heavy atom. The standard InChI is InChI=1S/C16H16Br2O2/c1-10(2)20-13-5-3-4-11(8-13)16(19)14-7-6-12(17)9-15(14)18/h3-10,16,19H,1-2H3. The Balaban J connectivity index is 2.30. The first-order chi connectivity index (χ1) is 9.47. The molecule has 2 aromatic rings. The van der Waals surface area contributed by atoms with Gasteiger partial charge in [-0.05, 0) is 49.2 Å². The Kier molecular flexibility index (Phi) is 5.24. The van der Waals surface area contributed by atoms with Gasteiger partial charge in [-0.3, -0.25) is 0 Å². The van der Waals surface area contributed by atoms with Crippen LogP contribution < -0.4 is 4.74 Å². The molecule has 1 unspecified atom stereocenters. The summed E-state index contributed by atoms with van der Waals surface area (Å²) in [6.45, 7) is 3.96. The van der Waals surface area contributed by atoms with Crippen molar-refractivity contribution in [3.8, 4) is 5.75 Å². The summed E-state index contributed by atoms with van der Waals surface area (Å²) in [5.74, 6) is 0.768. The molecule has 2 nitrogen and oxygen atoms in total. The molecular weight excluding hydrogens is 384 g/mol. The third kappa shape index (κ3) is 3.84. The summed E-state index contributed by atoms with van der Waals surface area (Å²) in [6, 6.07) is 13.3. The van der Waals surface area contributed by atoms with E-state index in [1.807, 2.05) is 56.3 Å². The quantitative estimate of drug-likeness (QED) is 0.776. The van der Waals surface area contributed by atoms with Gasteiger partial charge in [0.25, 0.3) is 0 Å². The van der Waals surface area contributed by atoms with Crippen molar-refractivity contribution in [2.24, 2.45) is 0 Å². The highest BCUT2D eigenvalue weighted by Gasteiger charge is 2.14. The van der Waals surface area contributed by atoms with Gasteiger partial charge in [-0.25, -0.2) is 0 Å². The van der Waals surface area contributed by atoms with Crippen molar-refractivity contribution in [3.63, 3.8) is 0 Å². The van der Waals surface area contributed by atoms with E-state index < -0.39 is 6.10 Å². The normalized spacial score (nSPS) is 12.5. The minimum Gasteiger partial charge on any atom is -0.491 e. The molecule has 0 bridgehead atoms. The summed E-state index contributed by atoms with van der Waals surface area (Å²) in [6.07, 6.45) is -0.574. The first-order valence-corrected chi connectivity index (χ1v) is 7.95. The van der Waals surface area contributed by atoms with E-state index in [0.29, 0.717) is 0 Å². The number of halogens is 2. The largest absolute Gasteiger partial charge is 0.491 e. The fraction of sp³-hybridized carbons (Fsp3) is 0.250. The number of hydrogen-bond donors (Lipinski definition) is 1. The van der Waals surface area contributed by atoms with Gasteiger partial charge in [-0.15, -0.1) is 0 Å². The van der Waals surface area contributed by atoms with E-state index in [1.54, 1.807) is 0 Å². The molecule has 0 aliphatic carbocycles. The lowest BCUT2D eigenvalue weighted by Gasteiger charge is -2.16. The molecule has 20 heavy (non-hydrogen) atoms. The minimum atomic E-state index is -0.687. The molecule has 0 aromatic heterocycles. The number of benzene rings is 2. The Labute approximate surface area is 136 Å². The molecule has 0 aliphatic heterocycles. The molecule has 0 saturated heterocycles. The van der Waals surface area contributed by atoms with E-state index in [9.17, 15) is 5.11 Å². The molecule has 1 atom stereocenters. The molecule has 0 radical (unpaired) electrons. The lowest BCUT2D eigenvalue weighted by Crippen LogP contribution is -2.06. The van der Waals surface area contributed by atoms with Crippen molar-refractivity contribution in [1.82, 2.24) is 0 Å². The second-order valence-corrected chi connectivity index (χ2v) is 6.58. The summed E-state index contributed by atoms with van der Waals surface area (Å²) in [5, 5.41) is 10.5. The summed E-state index contributed by atoms with van der Waals surface area (Å²) in [7, 11) is 0. The van der Waals surface area contributed by atoms with Gasteiger partial charge in [-0.1, -0.05) is 50.1 Å². The Morgan fingerprint density at radius 3 is 2.45 bits per heavy atom. The van der Waals surface area contributed by atoms with Gasteiger partial charge in [0, 0.05) is 8.95 Å². The molecule has 0 heterocycles. The number of ether oxygens (including phenoxy) is 1. The van der Waals surface area contributed by atoms with Crippen LogP contribution in [0.2, 0.25) is 0 Å². The monoisotopic (exact) mass is 398 g/mol. The maximum Gasteiger partial charge on any atom is 0.120 e. The van der Waals surface area contributed by atoms with E-state index >= 15 is 0 Å². The van der Waals surface area contributed by atoms with Gasteiger partial charge in [0.05, 0.1) is 6.10 Å². The fourth-order valence-electron chi connectivity index (χ4n) is 1.93. The summed E-state index contributed by atoms with van der Waals surface area (Å²) in [4.78, 5) is 0. The van der Waals surface area contributed by atoms with Crippen molar-refractivity contribution < 1.29 is 9.84 Å². The average molecular weight is 400 g/mol. The van der Waals surface area contributed by atoms with Gasteiger partial charge in [0.2, 0.25) is 0 Å². The predicted molar refractivity (Wildman–Crippen MR) is 88.1 cm³/mol. The smallest absolute Gasteiger partial charge is 0.120 e. The molecule has 1 N–H and O–H groups in total. The van der Waals surface area contributed by atoms with Crippen LogP contribution in [-0.2, 0) is 0 Å². The van der Waals surface area contributed by atoms with Crippen molar-refractivity contribution in [2.75, 3.05) is 0 Å². The highest BCUT2D eigenvalue weighted by molar-refractivity contribution is 9.11. The maximum atomic E-state index is 10.5. The molecule has 0 fully saturated rings. The third-order valence-corrected chi connectivity index (χ3v) is 3.98. The van der Waals surface area contributed by atoms with Gasteiger partial charge in [0.15, 0.2) is 0 Å². The van der Waals surface area contributed by atoms with E-state index in [2.05, 4.69) is 31.9 Å². The van der Waals surface area contributed by atoms with E-state index in [0.717, 1.165) is 25.8 Å². The van der Waals surface area contributed by atoms with Crippen LogP contribution in [0.25, 0.3) is 0 Å². The topological polar surface area (TPSA) is 29.5 Å². The predicted octanol–water partition coefficient (Wildman–Crippen LogP) is 5.08. The second kappa shape index (κ2) is 6.74. The highest BCUT2D eigenvalue weighted by atomic mass is 79.9. The molecule has 0 spiro atoms. The summed E-state index contributed by atoms with van der Waals surface area (Å²) < 4.78 is 7.50. The van der Waals surface area contributed by atoms with E-state index in [1.165, 1.54) is 0 Å². The zero-order chi connectivity index (χ0) is 14.7. The van der Waals surface area contributed by atoms with Crippen molar-refractivity contribution in [2.45, 2.75) is 26.1 Å². The van der Waals surface area contributed by atoms with Crippen LogP contribution >= 0.6 is 31.9 Å². The van der Waals surface area contributed by atoms with Crippen molar-refractivity contribution >= 4 is 31.9 Å². The molecular formula is C16H16Br2O2. The van der Waals surface area contributed by atoms with Crippen LogP contribution in [0, 0.1) is 0 Å². The van der Waals surface area contributed by atoms with Gasteiger partial charge in [0.1, 0.15) is 11.9 Å². The van der Waals surface area contributed by atoms with Gasteiger partial charge >= 0.3 is 0 Å². The zero-order valence-electron chi connectivity index (χ0n) is 11.3. The number of rotatable bonds is 4. The van der Waals surface area contributed by atoms with Crippen LogP contribution in [-0.4, -0.2) is 11.2 Å². The average Bonchev–Trinajstić information content (AvgIpc) is 2.37. The minimum absolute atomic E-state index is 0.113. The molecule has 0 saturated carbocycles. The molecule has 2 aromatic carbocycles. The number of aliphatic hydroxyl groups is 1. The Morgan fingerprint density at radius 2 is 1.80 bits per heavy atom.